The van der Waals surface area contributed by atoms with Gasteiger partial charge in [0.2, 0.25) is 0 Å². The van der Waals surface area contributed by atoms with Gasteiger partial charge in [0, 0.05) is 17.9 Å². The molecule has 1 rings (SSSR count). The zero-order chi connectivity index (χ0) is 13.8. The number of hydrogen-bond donors (Lipinski definition) is 4. The van der Waals surface area contributed by atoms with Gasteiger partial charge in [-0.05, 0) is 18.2 Å². The lowest BCUT2D eigenvalue weighted by atomic mass is 10.2. The lowest BCUT2D eigenvalue weighted by Gasteiger charge is -2.22. The molecule has 0 spiro atoms. The van der Waals surface area contributed by atoms with E-state index in [0.29, 0.717) is 5.69 Å². The summed E-state index contributed by atoms with van der Waals surface area (Å²) in [5, 5.41) is 12.2. The second-order valence-electron chi connectivity index (χ2n) is 3.55. The Labute approximate surface area is 101 Å². The number of anilines is 2. The number of alkyl halides is 3. The first-order valence-electron chi connectivity index (χ1n) is 4.94. The first kappa shape index (κ1) is 13.9. The summed E-state index contributed by atoms with van der Waals surface area (Å²) < 4.78 is 37.9. The monoisotopic (exact) mass is 263 g/mol. The fourth-order valence-corrected chi connectivity index (χ4v) is 1.27. The van der Waals surface area contributed by atoms with Crippen molar-refractivity contribution in [2.45, 2.75) is 12.2 Å². The molecule has 8 heteroatoms. The molecule has 1 atom stereocenters. The van der Waals surface area contributed by atoms with E-state index in [4.69, 9.17) is 10.8 Å². The van der Waals surface area contributed by atoms with Crippen molar-refractivity contribution in [2.75, 3.05) is 17.6 Å². The van der Waals surface area contributed by atoms with Gasteiger partial charge in [-0.15, -0.1) is 0 Å². The van der Waals surface area contributed by atoms with Gasteiger partial charge in [-0.1, -0.05) is 6.07 Å². The van der Waals surface area contributed by atoms with E-state index < -0.39 is 24.9 Å². The fraction of sp³-hybridized carbons (Fsp3) is 0.300. The van der Waals surface area contributed by atoms with Gasteiger partial charge in [0.25, 0.3) is 0 Å². The Morgan fingerprint density at radius 2 is 2.11 bits per heavy atom. The number of carbonyl (C=O) groups is 1. The van der Waals surface area contributed by atoms with Crippen molar-refractivity contribution in [3.8, 4) is 0 Å². The molecule has 5 N–H and O–H groups in total. The number of nitrogens with two attached hydrogens (primary N) is 1. The average molecular weight is 263 g/mol. The molecule has 0 saturated heterocycles. The van der Waals surface area contributed by atoms with E-state index in [2.05, 4.69) is 5.32 Å². The Morgan fingerprint density at radius 1 is 1.44 bits per heavy atom. The number of carboxylic acid groups (broad SMARTS) is 1. The summed E-state index contributed by atoms with van der Waals surface area (Å²) in [5.41, 5.74) is 5.92. The van der Waals surface area contributed by atoms with Crippen LogP contribution in [-0.4, -0.2) is 30.0 Å². The molecule has 0 radical (unpaired) electrons. The Morgan fingerprint density at radius 3 is 2.61 bits per heavy atom. The second kappa shape index (κ2) is 5.48. The van der Waals surface area contributed by atoms with Crippen molar-refractivity contribution in [3.63, 3.8) is 0 Å². The largest absolute Gasteiger partial charge is 0.465 e. The van der Waals surface area contributed by atoms with E-state index in [1.54, 1.807) is 5.32 Å². The molecule has 0 fully saturated rings. The van der Waals surface area contributed by atoms with Gasteiger partial charge in [0.1, 0.15) is 6.04 Å². The van der Waals surface area contributed by atoms with Gasteiger partial charge < -0.3 is 21.5 Å². The highest BCUT2D eigenvalue weighted by atomic mass is 19.4. The summed E-state index contributed by atoms with van der Waals surface area (Å²) >= 11 is 0. The number of nitrogen functional groups attached to an aromatic ring is 1. The molecule has 0 aliphatic rings. The van der Waals surface area contributed by atoms with Gasteiger partial charge in [-0.2, -0.15) is 13.2 Å². The van der Waals surface area contributed by atoms with Gasteiger partial charge in [-0.3, -0.25) is 0 Å². The lowest BCUT2D eigenvalue weighted by Crippen LogP contribution is -2.45. The Bertz CT molecular complexity index is 423. The summed E-state index contributed by atoms with van der Waals surface area (Å²) in [6, 6.07) is 3.75. The summed E-state index contributed by atoms with van der Waals surface area (Å²) in [4.78, 5) is 10.2. The van der Waals surface area contributed by atoms with Crippen molar-refractivity contribution in [2.24, 2.45) is 0 Å². The maximum absolute atomic E-state index is 12.6. The average Bonchev–Trinajstić information content (AvgIpc) is 2.22. The quantitative estimate of drug-likeness (QED) is 0.625. The van der Waals surface area contributed by atoms with Gasteiger partial charge in [0.15, 0.2) is 0 Å². The third kappa shape index (κ3) is 4.40. The van der Waals surface area contributed by atoms with Crippen LogP contribution in [0.3, 0.4) is 0 Å². The highest BCUT2D eigenvalue weighted by Crippen LogP contribution is 2.24. The van der Waals surface area contributed by atoms with Crippen LogP contribution in [0.25, 0.3) is 0 Å². The summed E-state index contributed by atoms with van der Waals surface area (Å²) in [5.74, 6) is 0. The molecule has 1 amide bonds. The molecule has 100 valence electrons. The van der Waals surface area contributed by atoms with E-state index in [-0.39, 0.29) is 5.69 Å². The maximum Gasteiger partial charge on any atom is 0.410 e. The SMILES string of the molecule is Nc1cccc(NC(CNC(=O)O)C(F)(F)F)c1. The minimum absolute atomic E-state index is 0.171. The third-order valence-electron chi connectivity index (χ3n) is 2.08. The molecule has 18 heavy (non-hydrogen) atoms. The molecule has 1 aromatic rings. The van der Waals surface area contributed by atoms with Crippen LogP contribution >= 0.6 is 0 Å². The molecular weight excluding hydrogens is 251 g/mol. The van der Waals surface area contributed by atoms with E-state index in [0.717, 1.165) is 0 Å². The number of halogens is 3. The van der Waals surface area contributed by atoms with E-state index in [1.165, 1.54) is 24.3 Å². The normalized spacial score (nSPS) is 12.8. The van der Waals surface area contributed by atoms with Crippen LogP contribution in [0.4, 0.5) is 29.3 Å². The van der Waals surface area contributed by atoms with Crippen LogP contribution in [0.2, 0.25) is 0 Å². The molecule has 0 aliphatic carbocycles. The lowest BCUT2D eigenvalue weighted by molar-refractivity contribution is -0.141. The predicted octanol–water partition coefficient (Wildman–Crippen LogP) is 1.88. The zero-order valence-corrected chi connectivity index (χ0v) is 9.16. The van der Waals surface area contributed by atoms with Crippen molar-refractivity contribution in [1.82, 2.24) is 5.32 Å². The molecule has 5 nitrogen and oxygen atoms in total. The number of benzene rings is 1. The van der Waals surface area contributed by atoms with Crippen molar-refractivity contribution in [3.05, 3.63) is 24.3 Å². The topological polar surface area (TPSA) is 87.4 Å². The van der Waals surface area contributed by atoms with Crippen LogP contribution in [0.5, 0.6) is 0 Å². The highest BCUT2D eigenvalue weighted by Gasteiger charge is 2.39. The molecule has 0 aliphatic heterocycles. The molecule has 1 unspecified atom stereocenters. The number of nitrogens with one attached hydrogen (secondary N) is 2. The Hall–Kier alpha value is -2.12. The van der Waals surface area contributed by atoms with Crippen molar-refractivity contribution < 1.29 is 23.1 Å². The van der Waals surface area contributed by atoms with E-state index in [9.17, 15) is 18.0 Å². The predicted molar refractivity (Wildman–Crippen MR) is 60.3 cm³/mol. The molecule has 1 aromatic carbocycles. The first-order chi connectivity index (χ1) is 8.29. The van der Waals surface area contributed by atoms with Crippen molar-refractivity contribution >= 4 is 17.5 Å². The minimum Gasteiger partial charge on any atom is -0.465 e. The van der Waals surface area contributed by atoms with Crippen LogP contribution < -0.4 is 16.4 Å². The highest BCUT2D eigenvalue weighted by molar-refractivity contribution is 5.64. The Balaban J connectivity index is 2.75. The Kier molecular flexibility index (Phi) is 4.24. The second-order valence-corrected chi connectivity index (χ2v) is 3.55. The van der Waals surface area contributed by atoms with Gasteiger partial charge >= 0.3 is 12.3 Å². The van der Waals surface area contributed by atoms with Crippen LogP contribution in [0.1, 0.15) is 0 Å². The zero-order valence-electron chi connectivity index (χ0n) is 9.16. The van der Waals surface area contributed by atoms with Crippen LogP contribution in [0.15, 0.2) is 24.3 Å². The summed E-state index contributed by atoms with van der Waals surface area (Å²) in [6.07, 6.45) is -6.09. The van der Waals surface area contributed by atoms with Crippen LogP contribution in [-0.2, 0) is 0 Å². The molecule has 0 heterocycles. The first-order valence-corrected chi connectivity index (χ1v) is 4.94. The standard InChI is InChI=1S/C10H12F3N3O2/c11-10(12,13)8(5-15-9(17)18)16-7-3-1-2-6(14)4-7/h1-4,8,15-16H,5,14H2,(H,17,18). The summed E-state index contributed by atoms with van der Waals surface area (Å²) in [6.45, 7) is -0.784. The molecule has 0 aromatic heterocycles. The van der Waals surface area contributed by atoms with Crippen LogP contribution in [0, 0.1) is 0 Å². The van der Waals surface area contributed by atoms with E-state index in [1.807, 2.05) is 0 Å². The maximum atomic E-state index is 12.6. The smallest absolute Gasteiger partial charge is 0.410 e. The van der Waals surface area contributed by atoms with Gasteiger partial charge in [0.05, 0.1) is 0 Å². The fourth-order valence-electron chi connectivity index (χ4n) is 1.27. The molecule has 0 bridgehead atoms. The molecule has 0 saturated carbocycles. The minimum atomic E-state index is -4.58. The number of rotatable bonds is 4. The van der Waals surface area contributed by atoms with Crippen molar-refractivity contribution in [1.29, 1.82) is 0 Å². The number of hydrogen-bond acceptors (Lipinski definition) is 3. The summed E-state index contributed by atoms with van der Waals surface area (Å²) in [7, 11) is 0. The number of amides is 1. The van der Waals surface area contributed by atoms with E-state index >= 15 is 0 Å². The third-order valence-corrected chi connectivity index (χ3v) is 2.08. The van der Waals surface area contributed by atoms with Gasteiger partial charge in [-0.25, -0.2) is 4.79 Å². The molecular formula is C10H12F3N3O2.